The van der Waals surface area contributed by atoms with E-state index in [0.717, 1.165) is 58.6 Å². The minimum absolute atomic E-state index is 0.00405. The van der Waals surface area contributed by atoms with Crippen LogP contribution >= 0.6 is 11.8 Å². The molecule has 2 aliphatic heterocycles. The predicted octanol–water partition coefficient (Wildman–Crippen LogP) is 3.23. The van der Waals surface area contributed by atoms with Gasteiger partial charge in [0.15, 0.2) is 11.6 Å². The molecule has 0 spiro atoms. The second-order valence-electron chi connectivity index (χ2n) is 5.64. The maximum Gasteiger partial charge on any atom is 0.212 e. The largest absolute Gasteiger partial charge is 0.455 e. The molecule has 23 heavy (non-hydrogen) atoms. The summed E-state index contributed by atoms with van der Waals surface area (Å²) in [5, 5.41) is 15.1. The third-order valence-corrected chi connectivity index (χ3v) is 5.05. The van der Waals surface area contributed by atoms with Gasteiger partial charge in [-0.1, -0.05) is 30.0 Å². The van der Waals surface area contributed by atoms with Crippen LogP contribution in [0, 0.1) is 0 Å². The predicted molar refractivity (Wildman–Crippen MR) is 86.8 cm³/mol. The van der Waals surface area contributed by atoms with Gasteiger partial charge in [-0.25, -0.2) is 0 Å². The monoisotopic (exact) mass is 326 g/mol. The number of ether oxygens (including phenoxy) is 1. The lowest BCUT2D eigenvalue weighted by molar-refractivity contribution is 0.102. The van der Waals surface area contributed by atoms with Gasteiger partial charge in [-0.15, -0.1) is 10.2 Å². The summed E-state index contributed by atoms with van der Waals surface area (Å²) in [6.45, 7) is 0.778. The number of fused-ring (bicyclic) bond motifs is 2. The maximum absolute atomic E-state index is 5.93. The fraction of sp³-hybridized carbons (Fsp3) is 0.312. The number of rotatable bonds is 2. The molecule has 0 aliphatic carbocycles. The number of furan rings is 1. The molecule has 1 aromatic carbocycles. The lowest BCUT2D eigenvalue weighted by Gasteiger charge is -2.14. The normalized spacial score (nSPS) is 20.7. The van der Waals surface area contributed by atoms with Crippen LogP contribution in [0.5, 0.6) is 0 Å². The first-order valence-corrected chi connectivity index (χ1v) is 8.63. The van der Waals surface area contributed by atoms with Gasteiger partial charge in [0.1, 0.15) is 17.4 Å². The number of hydrogen-bond acceptors (Lipinski definition) is 6. The number of benzene rings is 1. The van der Waals surface area contributed by atoms with Gasteiger partial charge in [-0.3, -0.25) is 0 Å². The molecule has 1 saturated heterocycles. The van der Waals surface area contributed by atoms with Gasteiger partial charge < -0.3 is 9.15 Å². The molecule has 0 radical (unpaired) electrons. The van der Waals surface area contributed by atoms with E-state index in [-0.39, 0.29) is 6.10 Å². The van der Waals surface area contributed by atoms with Crippen molar-refractivity contribution in [2.45, 2.75) is 24.1 Å². The third-order valence-electron chi connectivity index (χ3n) is 4.12. The van der Waals surface area contributed by atoms with Crippen LogP contribution in [0.3, 0.4) is 0 Å². The Bertz CT molecular complexity index is 875. The minimum atomic E-state index is -0.00405. The van der Waals surface area contributed by atoms with E-state index in [9.17, 15) is 0 Å². The molecule has 0 amide bonds. The van der Waals surface area contributed by atoms with Crippen molar-refractivity contribution < 1.29 is 9.15 Å². The van der Waals surface area contributed by atoms with E-state index < -0.39 is 0 Å². The van der Waals surface area contributed by atoms with Crippen molar-refractivity contribution >= 4 is 28.4 Å². The molecule has 0 N–H and O–H groups in total. The van der Waals surface area contributed by atoms with Gasteiger partial charge in [-0.2, -0.15) is 9.78 Å². The Kier molecular flexibility index (Phi) is 3.02. The lowest BCUT2D eigenvalue weighted by atomic mass is 10.2. The van der Waals surface area contributed by atoms with Crippen molar-refractivity contribution in [3.05, 3.63) is 41.9 Å². The van der Waals surface area contributed by atoms with Crippen molar-refractivity contribution in [1.29, 1.82) is 0 Å². The highest BCUT2D eigenvalue weighted by Gasteiger charge is 2.28. The summed E-state index contributed by atoms with van der Waals surface area (Å²) < 4.78 is 13.5. The molecule has 3 aromatic rings. The van der Waals surface area contributed by atoms with Crippen molar-refractivity contribution in [3.63, 3.8) is 0 Å². The Balaban J connectivity index is 1.57. The Hall–Kier alpha value is -2.12. The molecule has 6 nitrogen and oxygen atoms in total. The van der Waals surface area contributed by atoms with E-state index in [1.807, 2.05) is 35.0 Å². The van der Waals surface area contributed by atoms with Crippen molar-refractivity contribution in [2.75, 3.05) is 12.4 Å². The lowest BCUT2D eigenvalue weighted by Crippen LogP contribution is -2.15. The molecule has 116 valence electrons. The van der Waals surface area contributed by atoms with E-state index in [4.69, 9.17) is 14.3 Å². The van der Waals surface area contributed by atoms with Crippen LogP contribution in [0.1, 0.15) is 30.5 Å². The van der Waals surface area contributed by atoms with E-state index in [0.29, 0.717) is 0 Å². The van der Waals surface area contributed by atoms with Crippen molar-refractivity contribution in [3.8, 4) is 0 Å². The molecule has 5 rings (SSSR count). The van der Waals surface area contributed by atoms with E-state index in [1.54, 1.807) is 11.8 Å². The minimum Gasteiger partial charge on any atom is -0.455 e. The van der Waals surface area contributed by atoms with Gasteiger partial charge in [0.2, 0.25) is 5.16 Å². The Morgan fingerprint density at radius 3 is 3.04 bits per heavy atom. The first-order valence-electron chi connectivity index (χ1n) is 7.65. The summed E-state index contributed by atoms with van der Waals surface area (Å²) in [5.41, 5.74) is 1.78. The quantitative estimate of drug-likeness (QED) is 0.723. The van der Waals surface area contributed by atoms with Crippen LogP contribution in [0.25, 0.3) is 11.0 Å². The summed E-state index contributed by atoms with van der Waals surface area (Å²) in [5.74, 6) is 2.32. The highest BCUT2D eigenvalue weighted by atomic mass is 32.2. The summed E-state index contributed by atoms with van der Waals surface area (Å²) >= 11 is 1.62. The first-order chi connectivity index (χ1) is 11.4. The number of aromatic nitrogens is 3. The van der Waals surface area contributed by atoms with Crippen LogP contribution in [0.4, 0.5) is 0 Å². The highest BCUT2D eigenvalue weighted by molar-refractivity contribution is 7.99. The van der Waals surface area contributed by atoms with E-state index in [2.05, 4.69) is 10.2 Å². The third kappa shape index (κ3) is 2.19. The average molecular weight is 326 g/mol. The second kappa shape index (κ2) is 5.21. The summed E-state index contributed by atoms with van der Waals surface area (Å²) in [7, 11) is 0. The molecule has 4 heterocycles. The van der Waals surface area contributed by atoms with E-state index in [1.165, 1.54) is 0 Å². The van der Waals surface area contributed by atoms with Gasteiger partial charge in [0, 0.05) is 17.7 Å². The maximum atomic E-state index is 5.93. The van der Waals surface area contributed by atoms with Gasteiger partial charge >= 0.3 is 0 Å². The van der Waals surface area contributed by atoms with Gasteiger partial charge in [0.25, 0.3) is 0 Å². The summed E-state index contributed by atoms with van der Waals surface area (Å²) in [6, 6.07) is 10.0. The number of nitrogens with zero attached hydrogens (tertiary/aromatic N) is 4. The zero-order valence-electron chi connectivity index (χ0n) is 12.3. The van der Waals surface area contributed by atoms with Crippen LogP contribution in [-0.4, -0.2) is 32.9 Å². The molecular formula is C16H14N4O2S. The van der Waals surface area contributed by atoms with Gasteiger partial charge in [0.05, 0.1) is 0 Å². The van der Waals surface area contributed by atoms with Gasteiger partial charge in [-0.05, 0) is 25.0 Å². The highest BCUT2D eigenvalue weighted by Crippen LogP contribution is 2.32. The smallest absolute Gasteiger partial charge is 0.212 e. The van der Waals surface area contributed by atoms with Crippen LogP contribution in [0.2, 0.25) is 0 Å². The first kappa shape index (κ1) is 13.3. The standard InChI is InChI=1S/C16H14N4O2S/c1-2-5-12-10(4-1)8-14(22-12)11-9-23-16-18-17-15(20(16)19-11)13-6-3-7-21-13/h1-2,4-5,8,13H,3,6-7,9H2/t13-/m1/s1. The molecule has 2 aliphatic rings. The fourth-order valence-corrected chi connectivity index (χ4v) is 3.79. The number of thioether (sulfide) groups is 1. The number of hydrogen-bond donors (Lipinski definition) is 0. The van der Waals surface area contributed by atoms with E-state index >= 15 is 0 Å². The Labute approximate surface area is 136 Å². The van der Waals surface area contributed by atoms with Crippen molar-refractivity contribution in [2.24, 2.45) is 5.10 Å². The molecule has 1 fully saturated rings. The zero-order chi connectivity index (χ0) is 15.2. The molecule has 0 bridgehead atoms. The molecule has 0 unspecified atom stereocenters. The molecule has 2 aromatic heterocycles. The van der Waals surface area contributed by atoms with Crippen molar-refractivity contribution in [1.82, 2.24) is 14.9 Å². The fourth-order valence-electron chi connectivity index (χ4n) is 2.97. The Morgan fingerprint density at radius 1 is 1.22 bits per heavy atom. The summed E-state index contributed by atoms with van der Waals surface area (Å²) in [4.78, 5) is 0. The molecular weight excluding hydrogens is 312 g/mol. The zero-order valence-corrected chi connectivity index (χ0v) is 13.1. The topological polar surface area (TPSA) is 65.4 Å². The second-order valence-corrected chi connectivity index (χ2v) is 6.58. The summed E-state index contributed by atoms with van der Waals surface area (Å²) in [6.07, 6.45) is 2.02. The average Bonchev–Trinajstić information content (AvgIpc) is 3.31. The molecule has 1 atom stereocenters. The molecule has 7 heteroatoms. The van der Waals surface area contributed by atoms with Crippen LogP contribution in [0.15, 0.2) is 45.0 Å². The SMILES string of the molecule is c1ccc2oc(C3=Nn4c(nnc4[C@H]4CCCO4)SC3)cc2c1. The number of para-hydroxylation sites is 1. The Morgan fingerprint density at radius 2 is 2.17 bits per heavy atom. The van der Waals surface area contributed by atoms with Crippen LogP contribution < -0.4 is 0 Å². The van der Waals surface area contributed by atoms with Crippen LogP contribution in [-0.2, 0) is 4.74 Å². The molecule has 0 saturated carbocycles.